The Morgan fingerprint density at radius 3 is 2.57 bits per heavy atom. The molecule has 3 N–H and O–H groups in total. The van der Waals surface area contributed by atoms with Crippen molar-refractivity contribution in [2.75, 3.05) is 26.4 Å². The van der Waals surface area contributed by atoms with Crippen LogP contribution >= 0.6 is 0 Å². The van der Waals surface area contributed by atoms with Gasteiger partial charge in [-0.1, -0.05) is 43.9 Å². The molecule has 1 aromatic carbocycles. The number of benzene rings is 1. The second kappa shape index (κ2) is 10.7. The summed E-state index contributed by atoms with van der Waals surface area (Å²) in [6, 6.07) is 6.87. The first-order chi connectivity index (χ1) is 17.1. The Morgan fingerprint density at radius 1 is 1.09 bits per heavy atom. The molecule has 8 heteroatoms. The number of nitrogens with zero attached hydrogens (tertiary/aromatic N) is 1. The minimum atomic E-state index is -0.976. The summed E-state index contributed by atoms with van der Waals surface area (Å²) in [5.41, 5.74) is 1.34. The molecule has 0 radical (unpaired) electrons. The van der Waals surface area contributed by atoms with Gasteiger partial charge in [-0.05, 0) is 31.4 Å². The Labute approximate surface area is 206 Å². The maximum absolute atomic E-state index is 13.9. The molecule has 2 fully saturated rings. The molecule has 5 unspecified atom stereocenters. The Kier molecular flexibility index (Phi) is 7.41. The van der Waals surface area contributed by atoms with Gasteiger partial charge in [0.15, 0.2) is 0 Å². The average Bonchev–Trinajstić information content (AvgIpc) is 3.47. The maximum Gasteiger partial charge on any atom is 0.247 e. The van der Waals surface area contributed by atoms with E-state index in [-0.39, 0.29) is 36.9 Å². The SMILES string of the molecule is O=C(NCCO)C1=CC(N(C(=O)C2CCOC2)C2CCCCCC2)C(O)C2Oc3ccccc3C12. The van der Waals surface area contributed by atoms with Gasteiger partial charge in [0, 0.05) is 30.3 Å². The van der Waals surface area contributed by atoms with E-state index in [2.05, 4.69) is 5.32 Å². The van der Waals surface area contributed by atoms with Crippen molar-refractivity contribution >= 4 is 11.8 Å². The van der Waals surface area contributed by atoms with Gasteiger partial charge in [-0.15, -0.1) is 0 Å². The quantitative estimate of drug-likeness (QED) is 0.533. The van der Waals surface area contributed by atoms with Crippen molar-refractivity contribution in [2.24, 2.45) is 5.92 Å². The number of para-hydroxylation sites is 1. The number of carbonyl (C=O) groups excluding carboxylic acids is 2. The highest BCUT2D eigenvalue weighted by Crippen LogP contribution is 2.47. The van der Waals surface area contributed by atoms with Crippen LogP contribution in [0, 0.1) is 5.92 Å². The van der Waals surface area contributed by atoms with E-state index >= 15 is 0 Å². The van der Waals surface area contributed by atoms with Crippen LogP contribution in [0.15, 0.2) is 35.9 Å². The van der Waals surface area contributed by atoms with E-state index in [4.69, 9.17) is 9.47 Å². The summed E-state index contributed by atoms with van der Waals surface area (Å²) in [6.45, 7) is 0.927. The van der Waals surface area contributed by atoms with Crippen LogP contribution in [0.3, 0.4) is 0 Å². The van der Waals surface area contributed by atoms with Crippen molar-refractivity contribution in [3.8, 4) is 5.75 Å². The third kappa shape index (κ3) is 4.71. The Hall–Kier alpha value is -2.42. The number of amides is 2. The van der Waals surface area contributed by atoms with Crippen LogP contribution in [0.25, 0.3) is 0 Å². The van der Waals surface area contributed by atoms with Gasteiger partial charge < -0.3 is 29.9 Å². The topological polar surface area (TPSA) is 108 Å². The number of carbonyl (C=O) groups is 2. The highest BCUT2D eigenvalue weighted by atomic mass is 16.5. The molecular weight excluding hydrogens is 448 g/mol. The van der Waals surface area contributed by atoms with Gasteiger partial charge in [0.1, 0.15) is 18.0 Å². The number of aliphatic hydroxyl groups excluding tert-OH is 2. The summed E-state index contributed by atoms with van der Waals surface area (Å²) in [6.07, 6.45) is 6.97. The van der Waals surface area contributed by atoms with Crippen LogP contribution < -0.4 is 10.1 Å². The first-order valence-electron chi connectivity index (χ1n) is 13.0. The fraction of sp³-hybridized carbons (Fsp3) is 0.630. The standard InChI is InChI=1S/C27H36N2O6/c30-13-12-28-26(32)20-15-21(24(31)25-23(20)19-9-5-6-10-22(19)35-25)29(18-7-3-1-2-4-8-18)27(33)17-11-14-34-16-17/h5-6,9-10,15,17-18,21,23-25,30-31H,1-4,7-8,11-14,16H2,(H,28,32). The monoisotopic (exact) mass is 484 g/mol. The Bertz CT molecular complexity index is 951. The molecule has 4 aliphatic rings. The van der Waals surface area contributed by atoms with E-state index in [1.807, 2.05) is 29.2 Å². The fourth-order valence-electron chi connectivity index (χ4n) is 6.21. The highest BCUT2D eigenvalue weighted by molar-refractivity contribution is 5.96. The molecule has 0 spiro atoms. The normalized spacial score (nSPS) is 30.5. The van der Waals surface area contributed by atoms with Gasteiger partial charge in [-0.3, -0.25) is 9.59 Å². The molecule has 5 rings (SSSR count). The summed E-state index contributed by atoms with van der Waals surface area (Å²) in [4.78, 5) is 29.1. The molecule has 2 aliphatic carbocycles. The number of hydrogen-bond acceptors (Lipinski definition) is 6. The zero-order valence-electron chi connectivity index (χ0n) is 20.1. The number of aliphatic hydroxyl groups is 2. The summed E-state index contributed by atoms with van der Waals surface area (Å²) < 4.78 is 11.8. The van der Waals surface area contributed by atoms with Crippen molar-refractivity contribution in [1.29, 1.82) is 0 Å². The van der Waals surface area contributed by atoms with E-state index < -0.39 is 24.2 Å². The zero-order valence-corrected chi connectivity index (χ0v) is 20.1. The van der Waals surface area contributed by atoms with E-state index in [9.17, 15) is 19.8 Å². The summed E-state index contributed by atoms with van der Waals surface area (Å²) in [5.74, 6) is -0.316. The molecule has 1 saturated heterocycles. The molecule has 0 bridgehead atoms. The molecule has 0 aromatic heterocycles. The van der Waals surface area contributed by atoms with Gasteiger partial charge in [0.25, 0.3) is 0 Å². The number of ether oxygens (including phenoxy) is 2. The smallest absolute Gasteiger partial charge is 0.247 e. The van der Waals surface area contributed by atoms with Crippen LogP contribution in [0.4, 0.5) is 0 Å². The first-order valence-corrected chi connectivity index (χ1v) is 13.0. The minimum absolute atomic E-state index is 0.00113. The zero-order chi connectivity index (χ0) is 24.4. The molecule has 5 atom stereocenters. The second-order valence-electron chi connectivity index (χ2n) is 10.1. The minimum Gasteiger partial charge on any atom is -0.486 e. The van der Waals surface area contributed by atoms with Gasteiger partial charge in [0.05, 0.1) is 31.1 Å². The number of nitrogens with one attached hydrogen (secondary N) is 1. The molecule has 2 aliphatic heterocycles. The van der Waals surface area contributed by atoms with Crippen LogP contribution in [0.2, 0.25) is 0 Å². The number of rotatable bonds is 6. The lowest BCUT2D eigenvalue weighted by molar-refractivity contribution is -0.145. The summed E-state index contributed by atoms with van der Waals surface area (Å²) in [7, 11) is 0. The lowest BCUT2D eigenvalue weighted by Crippen LogP contribution is -2.59. The van der Waals surface area contributed by atoms with Gasteiger partial charge in [-0.2, -0.15) is 0 Å². The molecule has 35 heavy (non-hydrogen) atoms. The highest BCUT2D eigenvalue weighted by Gasteiger charge is 2.51. The molecular formula is C27H36N2O6. The van der Waals surface area contributed by atoms with Gasteiger partial charge in [0.2, 0.25) is 11.8 Å². The number of fused-ring (bicyclic) bond motifs is 3. The third-order valence-electron chi connectivity index (χ3n) is 7.95. The molecule has 190 valence electrons. The summed E-state index contributed by atoms with van der Waals surface area (Å²) in [5, 5.41) is 23.7. The van der Waals surface area contributed by atoms with E-state index in [0.29, 0.717) is 31.0 Å². The van der Waals surface area contributed by atoms with Crippen molar-refractivity contribution < 1.29 is 29.3 Å². The van der Waals surface area contributed by atoms with Crippen LogP contribution in [-0.4, -0.2) is 77.6 Å². The third-order valence-corrected chi connectivity index (χ3v) is 7.95. The average molecular weight is 485 g/mol. The Morgan fingerprint density at radius 2 is 1.86 bits per heavy atom. The lowest BCUT2D eigenvalue weighted by Gasteiger charge is -2.44. The fourth-order valence-corrected chi connectivity index (χ4v) is 6.21. The largest absolute Gasteiger partial charge is 0.486 e. The predicted octanol–water partition coefficient (Wildman–Crippen LogP) is 1.90. The van der Waals surface area contributed by atoms with Gasteiger partial charge >= 0.3 is 0 Å². The maximum atomic E-state index is 13.9. The van der Waals surface area contributed by atoms with Crippen molar-refractivity contribution in [3.05, 3.63) is 41.5 Å². The van der Waals surface area contributed by atoms with Crippen LogP contribution in [-0.2, 0) is 14.3 Å². The lowest BCUT2D eigenvalue weighted by atomic mass is 9.77. The van der Waals surface area contributed by atoms with Gasteiger partial charge in [-0.25, -0.2) is 0 Å². The van der Waals surface area contributed by atoms with Crippen LogP contribution in [0.5, 0.6) is 5.75 Å². The van der Waals surface area contributed by atoms with Crippen molar-refractivity contribution in [1.82, 2.24) is 10.2 Å². The molecule has 8 nitrogen and oxygen atoms in total. The number of hydrogen-bond donors (Lipinski definition) is 3. The molecule has 2 amide bonds. The molecule has 2 heterocycles. The Balaban J connectivity index is 1.55. The second-order valence-corrected chi connectivity index (χ2v) is 10.1. The molecule has 1 saturated carbocycles. The van der Waals surface area contributed by atoms with E-state index in [1.54, 1.807) is 6.08 Å². The summed E-state index contributed by atoms with van der Waals surface area (Å²) >= 11 is 0. The predicted molar refractivity (Wildman–Crippen MR) is 129 cm³/mol. The van der Waals surface area contributed by atoms with Crippen LogP contribution in [0.1, 0.15) is 56.4 Å². The first kappa shape index (κ1) is 24.3. The van der Waals surface area contributed by atoms with E-state index in [0.717, 1.165) is 44.1 Å². The van der Waals surface area contributed by atoms with Crippen molar-refractivity contribution in [3.63, 3.8) is 0 Å². The van der Waals surface area contributed by atoms with E-state index in [1.165, 1.54) is 0 Å². The van der Waals surface area contributed by atoms with Crippen molar-refractivity contribution in [2.45, 2.75) is 75.2 Å². The molecule has 1 aromatic rings.